The summed E-state index contributed by atoms with van der Waals surface area (Å²) in [5, 5.41) is 18.1. The molecule has 1 aliphatic heterocycles. The van der Waals surface area contributed by atoms with E-state index in [1.54, 1.807) is 0 Å². The molecule has 182 valence electrons. The molecule has 2 fully saturated rings. The SMILES string of the molecule is CNc1ncnn2c(C3CCC(C(=O)O)CC3)nc(-c3cc4cccc(OC5CCOC5)c4[nH]3)c12. The van der Waals surface area contributed by atoms with Crippen LogP contribution in [0.4, 0.5) is 5.82 Å². The number of carboxylic acid groups (broad SMARTS) is 1. The van der Waals surface area contributed by atoms with Crippen LogP contribution < -0.4 is 10.1 Å². The molecule has 0 spiro atoms. The monoisotopic (exact) mass is 476 g/mol. The second-order valence-corrected chi connectivity index (χ2v) is 9.33. The van der Waals surface area contributed by atoms with Crippen molar-refractivity contribution in [3.8, 4) is 17.1 Å². The van der Waals surface area contributed by atoms with Gasteiger partial charge in [0.25, 0.3) is 0 Å². The van der Waals surface area contributed by atoms with Gasteiger partial charge in [0.15, 0.2) is 5.82 Å². The number of H-pyrrole nitrogens is 1. The zero-order valence-electron chi connectivity index (χ0n) is 19.5. The Morgan fingerprint density at radius 2 is 2.11 bits per heavy atom. The molecule has 0 bridgehead atoms. The number of imidazole rings is 1. The Morgan fingerprint density at radius 3 is 2.86 bits per heavy atom. The van der Waals surface area contributed by atoms with Crippen molar-refractivity contribution in [2.24, 2.45) is 5.92 Å². The van der Waals surface area contributed by atoms with E-state index < -0.39 is 5.97 Å². The molecule has 2 aliphatic rings. The summed E-state index contributed by atoms with van der Waals surface area (Å²) in [6, 6.07) is 8.09. The third kappa shape index (κ3) is 3.87. The van der Waals surface area contributed by atoms with Crippen LogP contribution in [0.3, 0.4) is 0 Å². The van der Waals surface area contributed by atoms with E-state index in [0.29, 0.717) is 25.3 Å². The second kappa shape index (κ2) is 8.84. The molecule has 1 aliphatic carbocycles. The van der Waals surface area contributed by atoms with Gasteiger partial charge in [-0.15, -0.1) is 0 Å². The first kappa shape index (κ1) is 21.8. The number of fused-ring (bicyclic) bond motifs is 2. The van der Waals surface area contributed by atoms with Gasteiger partial charge in [0.05, 0.1) is 30.3 Å². The van der Waals surface area contributed by atoms with Gasteiger partial charge >= 0.3 is 5.97 Å². The van der Waals surface area contributed by atoms with Crippen LogP contribution in [-0.2, 0) is 9.53 Å². The van der Waals surface area contributed by atoms with Crippen molar-refractivity contribution in [1.82, 2.24) is 24.6 Å². The van der Waals surface area contributed by atoms with Crippen LogP contribution >= 0.6 is 0 Å². The molecule has 35 heavy (non-hydrogen) atoms. The number of benzene rings is 1. The van der Waals surface area contributed by atoms with Crippen LogP contribution in [0.1, 0.15) is 43.8 Å². The third-order valence-electron chi connectivity index (χ3n) is 7.19. The molecule has 3 aromatic heterocycles. The first-order valence-electron chi connectivity index (χ1n) is 12.1. The number of nitrogens with zero attached hydrogens (tertiary/aromatic N) is 4. The van der Waals surface area contributed by atoms with E-state index in [1.807, 2.05) is 23.7 Å². The number of aromatic nitrogens is 5. The van der Waals surface area contributed by atoms with E-state index in [9.17, 15) is 9.90 Å². The fraction of sp³-hybridized carbons (Fsp3) is 0.440. The van der Waals surface area contributed by atoms with Crippen LogP contribution in [0.25, 0.3) is 27.8 Å². The molecule has 0 amide bonds. The van der Waals surface area contributed by atoms with Gasteiger partial charge in [-0.2, -0.15) is 5.10 Å². The Bertz CT molecular complexity index is 1380. The number of hydrogen-bond donors (Lipinski definition) is 3. The number of rotatable bonds is 6. The molecule has 4 aromatic rings. The van der Waals surface area contributed by atoms with Gasteiger partial charge in [0.2, 0.25) is 0 Å². The summed E-state index contributed by atoms with van der Waals surface area (Å²) >= 11 is 0. The highest BCUT2D eigenvalue weighted by atomic mass is 16.5. The second-order valence-electron chi connectivity index (χ2n) is 9.33. The Hall–Kier alpha value is -3.66. The summed E-state index contributed by atoms with van der Waals surface area (Å²) in [7, 11) is 1.83. The van der Waals surface area contributed by atoms with Crippen LogP contribution in [0.15, 0.2) is 30.6 Å². The number of aromatic amines is 1. The van der Waals surface area contributed by atoms with E-state index in [2.05, 4.69) is 32.5 Å². The van der Waals surface area contributed by atoms with Crippen LogP contribution in [0, 0.1) is 5.92 Å². The molecule has 1 saturated carbocycles. The topological polar surface area (TPSA) is 127 Å². The summed E-state index contributed by atoms with van der Waals surface area (Å²) in [4.78, 5) is 24.5. The van der Waals surface area contributed by atoms with Gasteiger partial charge in [-0.1, -0.05) is 12.1 Å². The van der Waals surface area contributed by atoms with Crippen molar-refractivity contribution < 1.29 is 19.4 Å². The largest absolute Gasteiger partial charge is 0.486 e. The number of carboxylic acids is 1. The summed E-state index contributed by atoms with van der Waals surface area (Å²) in [6.07, 6.45) is 5.28. The summed E-state index contributed by atoms with van der Waals surface area (Å²) in [5.41, 5.74) is 3.33. The van der Waals surface area contributed by atoms with Crippen LogP contribution in [0.2, 0.25) is 0 Å². The number of anilines is 1. The molecule has 10 heteroatoms. The minimum Gasteiger partial charge on any atom is -0.486 e. The molecule has 1 saturated heterocycles. The molecule has 4 heterocycles. The Balaban J connectivity index is 1.43. The average Bonchev–Trinajstić information content (AvgIpc) is 3.62. The highest BCUT2D eigenvalue weighted by Gasteiger charge is 2.31. The lowest BCUT2D eigenvalue weighted by Crippen LogP contribution is -2.21. The Morgan fingerprint density at radius 1 is 1.26 bits per heavy atom. The van der Waals surface area contributed by atoms with Crippen LogP contribution in [-0.4, -0.2) is 62.0 Å². The molecule has 10 nitrogen and oxygen atoms in total. The number of hydrogen-bond acceptors (Lipinski definition) is 7. The lowest BCUT2D eigenvalue weighted by atomic mass is 9.82. The van der Waals surface area contributed by atoms with Gasteiger partial charge in [-0.3, -0.25) is 4.79 Å². The average molecular weight is 477 g/mol. The highest BCUT2D eigenvalue weighted by molar-refractivity contribution is 5.94. The van der Waals surface area contributed by atoms with Gasteiger partial charge in [0, 0.05) is 24.8 Å². The summed E-state index contributed by atoms with van der Waals surface area (Å²) < 4.78 is 13.6. The maximum absolute atomic E-state index is 11.4. The van der Waals surface area contributed by atoms with Gasteiger partial charge in [-0.25, -0.2) is 14.5 Å². The Labute approximate surface area is 201 Å². The zero-order valence-corrected chi connectivity index (χ0v) is 19.5. The van der Waals surface area contributed by atoms with Crippen molar-refractivity contribution in [1.29, 1.82) is 0 Å². The lowest BCUT2D eigenvalue weighted by molar-refractivity contribution is -0.142. The molecule has 0 radical (unpaired) electrons. The van der Waals surface area contributed by atoms with E-state index in [1.165, 1.54) is 6.33 Å². The van der Waals surface area contributed by atoms with E-state index in [0.717, 1.165) is 65.3 Å². The number of aliphatic carboxylic acids is 1. The zero-order chi connectivity index (χ0) is 23.9. The maximum atomic E-state index is 11.4. The molecule has 1 aromatic carbocycles. The smallest absolute Gasteiger partial charge is 0.306 e. The minimum atomic E-state index is -0.711. The summed E-state index contributed by atoms with van der Waals surface area (Å²) in [5.74, 6) is 1.47. The van der Waals surface area contributed by atoms with E-state index in [-0.39, 0.29) is 17.9 Å². The normalized spacial score (nSPS) is 22.6. The fourth-order valence-electron chi connectivity index (χ4n) is 5.33. The first-order valence-corrected chi connectivity index (χ1v) is 12.1. The van der Waals surface area contributed by atoms with Crippen molar-refractivity contribution in [2.45, 2.75) is 44.1 Å². The lowest BCUT2D eigenvalue weighted by Gasteiger charge is -2.24. The van der Waals surface area contributed by atoms with Crippen LogP contribution in [0.5, 0.6) is 5.75 Å². The molecular weight excluding hydrogens is 448 g/mol. The third-order valence-corrected chi connectivity index (χ3v) is 7.19. The van der Waals surface area contributed by atoms with Crippen molar-refractivity contribution in [2.75, 3.05) is 25.6 Å². The molecule has 3 N–H and O–H groups in total. The van der Waals surface area contributed by atoms with Crippen molar-refractivity contribution in [3.05, 3.63) is 36.4 Å². The highest BCUT2D eigenvalue weighted by Crippen LogP contribution is 2.39. The number of para-hydroxylation sites is 1. The number of carbonyl (C=O) groups is 1. The minimum absolute atomic E-state index is 0.0533. The van der Waals surface area contributed by atoms with E-state index >= 15 is 0 Å². The standard InChI is InChI=1S/C25H28N6O4/c1-26-23-22-21(18-11-16-3-2-4-19(20(16)29-18)35-17-9-10-34-12-17)30-24(31(22)28-13-27-23)14-5-7-15(8-6-14)25(32)33/h2-4,11,13-15,17,29H,5-10,12H2,1H3,(H,32,33)(H,26,27,28). The summed E-state index contributed by atoms with van der Waals surface area (Å²) in [6.45, 7) is 1.33. The molecule has 6 rings (SSSR count). The fourth-order valence-corrected chi connectivity index (χ4v) is 5.33. The maximum Gasteiger partial charge on any atom is 0.306 e. The number of ether oxygens (including phenoxy) is 2. The van der Waals surface area contributed by atoms with Gasteiger partial charge in [-0.05, 0) is 37.8 Å². The Kier molecular flexibility index (Phi) is 5.52. The molecular formula is C25H28N6O4. The molecule has 1 atom stereocenters. The number of nitrogens with one attached hydrogen (secondary N) is 2. The van der Waals surface area contributed by atoms with Gasteiger partial charge in [0.1, 0.15) is 35.2 Å². The predicted octanol–water partition coefficient (Wildman–Crippen LogP) is 3.84. The van der Waals surface area contributed by atoms with Crippen molar-refractivity contribution >= 4 is 28.2 Å². The molecule has 1 unspecified atom stereocenters. The van der Waals surface area contributed by atoms with E-state index in [4.69, 9.17) is 14.5 Å². The first-order chi connectivity index (χ1) is 17.1. The van der Waals surface area contributed by atoms with Gasteiger partial charge < -0.3 is 24.9 Å². The predicted molar refractivity (Wildman–Crippen MR) is 130 cm³/mol. The van der Waals surface area contributed by atoms with Crippen molar-refractivity contribution in [3.63, 3.8) is 0 Å². The quantitative estimate of drug-likeness (QED) is 0.383.